The number of halogens is 1. The number of aromatic nitrogens is 1. The van der Waals surface area contributed by atoms with E-state index in [1.807, 2.05) is 13.0 Å². The quantitative estimate of drug-likeness (QED) is 0.862. The lowest BCUT2D eigenvalue weighted by Gasteiger charge is -2.03. The first kappa shape index (κ1) is 13.9. The molecule has 1 aromatic heterocycles. The van der Waals surface area contributed by atoms with E-state index in [1.165, 1.54) is 10.9 Å². The molecule has 0 unspecified atom stereocenters. The molecule has 2 rings (SSSR count). The minimum absolute atomic E-state index is 0. The van der Waals surface area contributed by atoms with Crippen LogP contribution >= 0.6 is 12.4 Å². The number of nitrogens with one attached hydrogen (secondary N) is 1. The van der Waals surface area contributed by atoms with E-state index in [2.05, 4.69) is 23.3 Å². The van der Waals surface area contributed by atoms with Crippen LogP contribution in [0.4, 0.5) is 0 Å². The molecule has 0 aliphatic heterocycles. The third kappa shape index (κ3) is 3.14. The van der Waals surface area contributed by atoms with Crippen molar-refractivity contribution in [2.45, 2.75) is 19.8 Å². The lowest BCUT2D eigenvalue weighted by Crippen LogP contribution is -1.99. The molecule has 1 heterocycles. The van der Waals surface area contributed by atoms with Gasteiger partial charge < -0.3 is 15.5 Å². The molecule has 4 heteroatoms. The number of hydrogen-bond donors (Lipinski definition) is 2. The second kappa shape index (κ2) is 6.52. The number of fused-ring (bicyclic) bond motifs is 1. The average Bonchev–Trinajstić information content (AvgIpc) is 2.69. The van der Waals surface area contributed by atoms with Crippen LogP contribution in [-0.2, 0) is 6.42 Å². The predicted molar refractivity (Wildman–Crippen MR) is 74.1 cm³/mol. The van der Waals surface area contributed by atoms with Crippen molar-refractivity contribution >= 4 is 23.3 Å². The van der Waals surface area contributed by atoms with Gasteiger partial charge in [-0.05, 0) is 50.1 Å². The summed E-state index contributed by atoms with van der Waals surface area (Å²) in [7, 11) is 0. The van der Waals surface area contributed by atoms with Gasteiger partial charge in [0.2, 0.25) is 0 Å². The topological polar surface area (TPSA) is 51.0 Å². The molecule has 3 nitrogen and oxygen atoms in total. The van der Waals surface area contributed by atoms with Gasteiger partial charge in [0.25, 0.3) is 0 Å². The molecule has 17 heavy (non-hydrogen) atoms. The Bertz CT molecular complexity index is 467. The van der Waals surface area contributed by atoms with Gasteiger partial charge in [-0.15, -0.1) is 12.4 Å². The molecule has 0 aliphatic carbocycles. The van der Waals surface area contributed by atoms with Crippen LogP contribution in [0.5, 0.6) is 5.75 Å². The fourth-order valence-corrected chi connectivity index (χ4v) is 1.91. The second-order valence-corrected chi connectivity index (χ2v) is 3.85. The highest BCUT2D eigenvalue weighted by Crippen LogP contribution is 2.24. The van der Waals surface area contributed by atoms with Gasteiger partial charge in [0, 0.05) is 17.1 Å². The van der Waals surface area contributed by atoms with Crippen LogP contribution in [0.25, 0.3) is 10.9 Å². The van der Waals surface area contributed by atoms with E-state index >= 15 is 0 Å². The molecule has 3 N–H and O–H groups in total. The highest BCUT2D eigenvalue weighted by Gasteiger charge is 2.04. The van der Waals surface area contributed by atoms with Crippen LogP contribution < -0.4 is 10.5 Å². The van der Waals surface area contributed by atoms with E-state index in [9.17, 15) is 0 Å². The molecule has 1 aromatic carbocycles. The molecular formula is C13H19ClN2O. The van der Waals surface area contributed by atoms with Gasteiger partial charge in [-0.25, -0.2) is 0 Å². The van der Waals surface area contributed by atoms with E-state index in [-0.39, 0.29) is 12.4 Å². The first-order valence-electron chi connectivity index (χ1n) is 5.78. The summed E-state index contributed by atoms with van der Waals surface area (Å²) in [5, 5.41) is 1.25. The van der Waals surface area contributed by atoms with E-state index in [1.54, 1.807) is 0 Å². The normalized spacial score (nSPS) is 10.2. The standard InChI is InChI=1S/C13H18N2O.ClH/c1-2-16-11-5-6-13-12(8-11)10(9-15-13)4-3-7-14;/h5-6,8-9,15H,2-4,7,14H2,1H3;1H. The van der Waals surface area contributed by atoms with Crippen molar-refractivity contribution in [3.8, 4) is 5.75 Å². The van der Waals surface area contributed by atoms with Gasteiger partial charge in [0.15, 0.2) is 0 Å². The summed E-state index contributed by atoms with van der Waals surface area (Å²) in [6.45, 7) is 3.43. The minimum Gasteiger partial charge on any atom is -0.494 e. The summed E-state index contributed by atoms with van der Waals surface area (Å²) >= 11 is 0. The molecule has 0 bridgehead atoms. The Kier molecular flexibility index (Phi) is 5.32. The monoisotopic (exact) mass is 254 g/mol. The summed E-state index contributed by atoms with van der Waals surface area (Å²) in [5.41, 5.74) is 8.02. The maximum atomic E-state index is 5.53. The Morgan fingerprint density at radius 2 is 2.18 bits per heavy atom. The van der Waals surface area contributed by atoms with Crippen LogP contribution in [0.3, 0.4) is 0 Å². The lowest BCUT2D eigenvalue weighted by molar-refractivity contribution is 0.340. The smallest absolute Gasteiger partial charge is 0.120 e. The van der Waals surface area contributed by atoms with Gasteiger partial charge in [-0.3, -0.25) is 0 Å². The average molecular weight is 255 g/mol. The van der Waals surface area contributed by atoms with Crippen molar-refractivity contribution in [2.24, 2.45) is 5.73 Å². The Hall–Kier alpha value is -1.19. The van der Waals surface area contributed by atoms with E-state index < -0.39 is 0 Å². The number of aryl methyl sites for hydroxylation is 1. The summed E-state index contributed by atoms with van der Waals surface area (Å²) in [5.74, 6) is 0.934. The summed E-state index contributed by atoms with van der Waals surface area (Å²) in [6.07, 6.45) is 4.11. The second-order valence-electron chi connectivity index (χ2n) is 3.85. The summed E-state index contributed by atoms with van der Waals surface area (Å²) in [6, 6.07) is 6.16. The van der Waals surface area contributed by atoms with Crippen LogP contribution in [0.2, 0.25) is 0 Å². The summed E-state index contributed by atoms with van der Waals surface area (Å²) in [4.78, 5) is 3.27. The fraction of sp³-hybridized carbons (Fsp3) is 0.385. The van der Waals surface area contributed by atoms with E-state index in [0.717, 1.165) is 30.7 Å². The molecule has 0 radical (unpaired) electrons. The van der Waals surface area contributed by atoms with Crippen molar-refractivity contribution in [2.75, 3.05) is 13.2 Å². The van der Waals surface area contributed by atoms with Crippen LogP contribution in [0.15, 0.2) is 24.4 Å². The minimum atomic E-state index is 0. The van der Waals surface area contributed by atoms with Crippen molar-refractivity contribution in [1.29, 1.82) is 0 Å². The van der Waals surface area contributed by atoms with Gasteiger partial charge in [-0.1, -0.05) is 0 Å². The number of rotatable bonds is 5. The molecule has 0 fully saturated rings. The molecule has 0 aliphatic rings. The van der Waals surface area contributed by atoms with Crippen molar-refractivity contribution in [3.05, 3.63) is 30.0 Å². The number of nitrogens with two attached hydrogens (primary N) is 1. The van der Waals surface area contributed by atoms with Gasteiger partial charge >= 0.3 is 0 Å². The zero-order valence-electron chi connectivity index (χ0n) is 10.0. The highest BCUT2D eigenvalue weighted by atomic mass is 35.5. The maximum absolute atomic E-state index is 5.53. The number of aromatic amines is 1. The van der Waals surface area contributed by atoms with Crippen LogP contribution in [0.1, 0.15) is 18.9 Å². The molecule has 2 aromatic rings. The Morgan fingerprint density at radius 3 is 2.88 bits per heavy atom. The first-order valence-corrected chi connectivity index (χ1v) is 5.78. The van der Waals surface area contributed by atoms with Crippen LogP contribution in [-0.4, -0.2) is 18.1 Å². The zero-order chi connectivity index (χ0) is 11.4. The first-order chi connectivity index (χ1) is 7.85. The number of hydrogen-bond acceptors (Lipinski definition) is 2. The molecule has 0 spiro atoms. The number of H-pyrrole nitrogens is 1. The van der Waals surface area contributed by atoms with E-state index in [4.69, 9.17) is 10.5 Å². The third-order valence-electron chi connectivity index (χ3n) is 2.70. The molecule has 94 valence electrons. The fourth-order valence-electron chi connectivity index (χ4n) is 1.91. The maximum Gasteiger partial charge on any atom is 0.120 e. The van der Waals surface area contributed by atoms with Gasteiger partial charge in [-0.2, -0.15) is 0 Å². The third-order valence-corrected chi connectivity index (χ3v) is 2.70. The highest BCUT2D eigenvalue weighted by molar-refractivity contribution is 5.85. The molecular weight excluding hydrogens is 236 g/mol. The number of benzene rings is 1. The SMILES string of the molecule is CCOc1ccc2[nH]cc(CCCN)c2c1.Cl. The lowest BCUT2D eigenvalue weighted by atomic mass is 10.1. The van der Waals surface area contributed by atoms with Gasteiger partial charge in [0.1, 0.15) is 5.75 Å². The summed E-state index contributed by atoms with van der Waals surface area (Å²) < 4.78 is 5.50. The van der Waals surface area contributed by atoms with Crippen LogP contribution in [0, 0.1) is 0 Å². The molecule has 0 amide bonds. The number of ether oxygens (including phenoxy) is 1. The van der Waals surface area contributed by atoms with Crippen molar-refractivity contribution in [1.82, 2.24) is 4.98 Å². The predicted octanol–water partition coefficient (Wildman–Crippen LogP) is 2.88. The van der Waals surface area contributed by atoms with Crippen molar-refractivity contribution in [3.63, 3.8) is 0 Å². The van der Waals surface area contributed by atoms with Crippen molar-refractivity contribution < 1.29 is 4.74 Å². The molecule has 0 saturated heterocycles. The Morgan fingerprint density at radius 1 is 1.35 bits per heavy atom. The Labute approximate surface area is 108 Å². The zero-order valence-corrected chi connectivity index (χ0v) is 10.8. The van der Waals surface area contributed by atoms with Gasteiger partial charge in [0.05, 0.1) is 6.61 Å². The largest absolute Gasteiger partial charge is 0.494 e. The molecule has 0 atom stereocenters. The molecule has 0 saturated carbocycles. The Balaban J connectivity index is 0.00000144. The van der Waals surface area contributed by atoms with E-state index in [0.29, 0.717) is 6.61 Å².